The van der Waals surface area contributed by atoms with Crippen LogP contribution in [0.25, 0.3) is 0 Å². The number of alkyl halides is 3. The number of amides is 2. The molecule has 2 aliphatic heterocycles. The molecule has 5 nitrogen and oxygen atoms in total. The molecule has 0 spiro atoms. The molecule has 2 aliphatic rings. The minimum atomic E-state index is -4.74. The van der Waals surface area contributed by atoms with Crippen LogP contribution in [0.5, 0.6) is 5.75 Å². The van der Waals surface area contributed by atoms with E-state index in [9.17, 15) is 22.8 Å². The van der Waals surface area contributed by atoms with E-state index in [2.05, 4.69) is 4.74 Å². The van der Waals surface area contributed by atoms with E-state index in [1.54, 1.807) is 4.90 Å². The lowest BCUT2D eigenvalue weighted by atomic mass is 9.99. The summed E-state index contributed by atoms with van der Waals surface area (Å²) in [6, 6.07) is 4.86. The molecule has 148 valence electrons. The van der Waals surface area contributed by atoms with E-state index in [4.69, 9.17) is 0 Å². The van der Waals surface area contributed by atoms with Crippen molar-refractivity contribution in [2.45, 2.75) is 50.9 Å². The third kappa shape index (κ3) is 5.14. The average molecular weight is 384 g/mol. The second-order valence-electron chi connectivity index (χ2n) is 7.00. The van der Waals surface area contributed by atoms with E-state index < -0.39 is 12.4 Å². The normalized spacial score (nSPS) is 20.6. The van der Waals surface area contributed by atoms with Crippen LogP contribution in [0.3, 0.4) is 0 Å². The molecule has 1 atom stereocenters. The summed E-state index contributed by atoms with van der Waals surface area (Å²) in [6.07, 6.45) is -0.257. The number of nitrogens with zero attached hydrogens (tertiary/aromatic N) is 2. The average Bonchev–Trinajstić information content (AvgIpc) is 3.16. The van der Waals surface area contributed by atoms with Crippen LogP contribution in [0.4, 0.5) is 13.2 Å². The first kappa shape index (κ1) is 19.5. The molecule has 0 aliphatic carbocycles. The first-order valence-corrected chi connectivity index (χ1v) is 9.26. The van der Waals surface area contributed by atoms with Gasteiger partial charge in [-0.3, -0.25) is 9.59 Å². The summed E-state index contributed by atoms with van der Waals surface area (Å²) in [6.45, 7) is 2.04. The third-order valence-corrected chi connectivity index (χ3v) is 5.04. The minimum absolute atomic E-state index is 0.0227. The van der Waals surface area contributed by atoms with Crippen LogP contribution >= 0.6 is 0 Å². The van der Waals surface area contributed by atoms with E-state index in [1.165, 1.54) is 24.3 Å². The molecule has 2 saturated heterocycles. The maximum Gasteiger partial charge on any atom is 0.573 e. The fourth-order valence-electron chi connectivity index (χ4n) is 3.72. The van der Waals surface area contributed by atoms with Gasteiger partial charge < -0.3 is 14.5 Å². The zero-order valence-electron chi connectivity index (χ0n) is 15.0. The summed E-state index contributed by atoms with van der Waals surface area (Å²) in [4.78, 5) is 29.0. The van der Waals surface area contributed by atoms with Crippen LogP contribution in [-0.4, -0.2) is 53.7 Å². The van der Waals surface area contributed by atoms with Crippen LogP contribution in [-0.2, 0) is 16.0 Å². The number of benzene rings is 1. The van der Waals surface area contributed by atoms with Crippen molar-refractivity contribution < 1.29 is 27.5 Å². The van der Waals surface area contributed by atoms with Gasteiger partial charge in [-0.1, -0.05) is 12.1 Å². The second-order valence-corrected chi connectivity index (χ2v) is 7.00. The van der Waals surface area contributed by atoms with Crippen molar-refractivity contribution in [3.8, 4) is 5.75 Å². The quantitative estimate of drug-likeness (QED) is 0.802. The van der Waals surface area contributed by atoms with Crippen LogP contribution in [0.2, 0.25) is 0 Å². The second kappa shape index (κ2) is 8.19. The number of hydrogen-bond donors (Lipinski definition) is 0. The van der Waals surface area contributed by atoms with Crippen molar-refractivity contribution in [2.75, 3.05) is 19.6 Å². The van der Waals surface area contributed by atoms with Crippen molar-refractivity contribution in [1.82, 2.24) is 9.80 Å². The Bertz CT molecular complexity index is 670. The van der Waals surface area contributed by atoms with Crippen molar-refractivity contribution >= 4 is 11.8 Å². The molecule has 0 saturated carbocycles. The van der Waals surface area contributed by atoms with Gasteiger partial charge in [0, 0.05) is 19.6 Å². The minimum Gasteiger partial charge on any atom is -0.406 e. The molecular weight excluding hydrogens is 361 g/mol. The Balaban J connectivity index is 1.63. The lowest BCUT2D eigenvalue weighted by Gasteiger charge is -2.37. The number of hydrogen-bond acceptors (Lipinski definition) is 3. The number of carbonyl (C=O) groups is 2. The first-order valence-electron chi connectivity index (χ1n) is 9.26. The molecule has 0 radical (unpaired) electrons. The molecule has 27 heavy (non-hydrogen) atoms. The first-order chi connectivity index (χ1) is 12.8. The molecule has 8 heteroatoms. The Kier molecular flexibility index (Phi) is 5.92. The Morgan fingerprint density at radius 2 is 1.63 bits per heavy atom. The predicted octanol–water partition coefficient (Wildman–Crippen LogP) is 3.13. The summed E-state index contributed by atoms with van der Waals surface area (Å²) in [5, 5.41) is 0. The van der Waals surface area contributed by atoms with E-state index in [0.29, 0.717) is 18.5 Å². The van der Waals surface area contributed by atoms with E-state index in [0.717, 1.165) is 38.8 Å². The fourth-order valence-corrected chi connectivity index (χ4v) is 3.72. The largest absolute Gasteiger partial charge is 0.573 e. The van der Waals surface area contributed by atoms with E-state index >= 15 is 0 Å². The smallest absolute Gasteiger partial charge is 0.406 e. The van der Waals surface area contributed by atoms with Crippen LogP contribution in [0.1, 0.15) is 37.7 Å². The fraction of sp³-hybridized carbons (Fsp3) is 0.579. The Morgan fingerprint density at radius 3 is 2.26 bits per heavy atom. The van der Waals surface area contributed by atoms with E-state index in [-0.39, 0.29) is 24.0 Å². The molecular formula is C19H23F3N2O3. The number of likely N-dealkylation sites (tertiary alicyclic amines) is 2. The monoisotopic (exact) mass is 384 g/mol. The van der Waals surface area contributed by atoms with Crippen LogP contribution < -0.4 is 4.74 Å². The van der Waals surface area contributed by atoms with Gasteiger partial charge >= 0.3 is 6.36 Å². The lowest BCUT2D eigenvalue weighted by Crippen LogP contribution is -2.52. The van der Waals surface area contributed by atoms with Gasteiger partial charge in [0.1, 0.15) is 11.8 Å². The summed E-state index contributed by atoms with van der Waals surface area (Å²) >= 11 is 0. The van der Waals surface area contributed by atoms with Gasteiger partial charge in [-0.25, -0.2) is 0 Å². The Labute approximate surface area is 156 Å². The highest BCUT2D eigenvalue weighted by atomic mass is 19.4. The van der Waals surface area contributed by atoms with Crippen LogP contribution in [0, 0.1) is 0 Å². The number of carbonyl (C=O) groups excluding carboxylic acids is 2. The Morgan fingerprint density at radius 1 is 1.00 bits per heavy atom. The zero-order valence-corrected chi connectivity index (χ0v) is 15.0. The zero-order chi connectivity index (χ0) is 19.4. The molecule has 1 aromatic rings. The van der Waals surface area contributed by atoms with Crippen molar-refractivity contribution in [3.05, 3.63) is 29.8 Å². The van der Waals surface area contributed by atoms with Crippen molar-refractivity contribution in [3.63, 3.8) is 0 Å². The topological polar surface area (TPSA) is 49.9 Å². The maximum atomic E-state index is 12.8. The van der Waals surface area contributed by atoms with Gasteiger partial charge in [0.05, 0.1) is 6.42 Å². The lowest BCUT2D eigenvalue weighted by molar-refractivity contribution is -0.274. The highest BCUT2D eigenvalue weighted by Crippen LogP contribution is 2.24. The van der Waals surface area contributed by atoms with Gasteiger partial charge in [-0.05, 0) is 49.8 Å². The summed E-state index contributed by atoms with van der Waals surface area (Å²) in [5.74, 6) is -0.468. The molecule has 2 heterocycles. The van der Waals surface area contributed by atoms with Crippen LogP contribution in [0.15, 0.2) is 24.3 Å². The van der Waals surface area contributed by atoms with Gasteiger partial charge in [-0.2, -0.15) is 0 Å². The molecule has 0 N–H and O–H groups in total. The van der Waals surface area contributed by atoms with Crippen molar-refractivity contribution in [1.29, 1.82) is 0 Å². The molecule has 0 bridgehead atoms. The summed E-state index contributed by atoms with van der Waals surface area (Å²) < 4.78 is 40.5. The van der Waals surface area contributed by atoms with Gasteiger partial charge in [-0.15, -0.1) is 13.2 Å². The predicted molar refractivity (Wildman–Crippen MR) is 92.0 cm³/mol. The highest BCUT2D eigenvalue weighted by molar-refractivity contribution is 5.88. The van der Waals surface area contributed by atoms with E-state index in [1.807, 2.05) is 4.90 Å². The summed E-state index contributed by atoms with van der Waals surface area (Å²) in [7, 11) is 0. The number of rotatable bonds is 4. The molecule has 1 aromatic carbocycles. The number of halogens is 3. The SMILES string of the molecule is O=C(C1CCCCN1C(=O)Cc1ccc(OC(F)(F)F)cc1)N1CCCC1. The number of ether oxygens (including phenoxy) is 1. The molecule has 2 fully saturated rings. The van der Waals surface area contributed by atoms with Crippen molar-refractivity contribution in [2.24, 2.45) is 0 Å². The molecule has 2 amide bonds. The molecule has 1 unspecified atom stereocenters. The molecule has 3 rings (SSSR count). The standard InChI is InChI=1S/C19H23F3N2O3/c20-19(21,22)27-15-8-6-14(7-9-15)13-17(25)24-12-2-1-5-16(24)18(26)23-10-3-4-11-23/h6-9,16H,1-5,10-13H2. The van der Waals surface area contributed by atoms with Gasteiger partial charge in [0.2, 0.25) is 11.8 Å². The van der Waals surface area contributed by atoms with Gasteiger partial charge in [0.15, 0.2) is 0 Å². The Hall–Kier alpha value is -2.25. The third-order valence-electron chi connectivity index (χ3n) is 5.04. The van der Waals surface area contributed by atoms with Gasteiger partial charge in [0.25, 0.3) is 0 Å². The maximum absolute atomic E-state index is 12.8. The highest BCUT2D eigenvalue weighted by Gasteiger charge is 2.35. The summed E-state index contributed by atoms with van der Waals surface area (Å²) in [5.41, 5.74) is 0.590. The molecule has 0 aromatic heterocycles. The number of piperidine rings is 1.